The number of aliphatic carboxylic acids is 1. The molecule has 0 unspecified atom stereocenters. The fourth-order valence-corrected chi connectivity index (χ4v) is 4.55. The lowest BCUT2D eigenvalue weighted by atomic mass is 9.99. The minimum atomic E-state index is -0.976. The number of hydrogen-bond donors (Lipinski definition) is 2. The van der Waals surface area contributed by atoms with E-state index in [-0.39, 0.29) is 40.3 Å². The van der Waals surface area contributed by atoms with Gasteiger partial charge in [-0.1, -0.05) is 19.9 Å². The normalized spacial score (nSPS) is 12.2. The van der Waals surface area contributed by atoms with Crippen LogP contribution in [0.15, 0.2) is 65.5 Å². The van der Waals surface area contributed by atoms with Gasteiger partial charge in [0.1, 0.15) is 40.7 Å². The van der Waals surface area contributed by atoms with Crippen molar-refractivity contribution in [2.45, 2.75) is 32.7 Å². The Balaban J connectivity index is 1.74. The van der Waals surface area contributed by atoms with Crippen molar-refractivity contribution in [3.05, 3.63) is 94.3 Å². The fraction of sp³-hybridized carbons (Fsp3) is 0.267. The van der Waals surface area contributed by atoms with E-state index in [1.807, 2.05) is 13.8 Å². The Kier molecular flexibility index (Phi) is 8.89. The third-order valence-electron chi connectivity index (χ3n) is 6.35. The van der Waals surface area contributed by atoms with Gasteiger partial charge >= 0.3 is 5.97 Å². The summed E-state index contributed by atoms with van der Waals surface area (Å²) in [6.45, 7) is 4.30. The molecular weight excluding hydrogens is 528 g/mol. The highest BCUT2D eigenvalue weighted by Gasteiger charge is 2.20. The summed E-state index contributed by atoms with van der Waals surface area (Å²) in [6.07, 6.45) is 0.862. The van der Waals surface area contributed by atoms with Crippen LogP contribution < -0.4 is 15.6 Å². The van der Waals surface area contributed by atoms with Crippen molar-refractivity contribution in [1.29, 1.82) is 0 Å². The molecule has 210 valence electrons. The Labute approximate surface area is 227 Å². The molecule has 10 heteroatoms. The first-order chi connectivity index (χ1) is 19.1. The first-order valence-corrected chi connectivity index (χ1v) is 12.8. The molecule has 0 fully saturated rings. The highest BCUT2D eigenvalue weighted by Crippen LogP contribution is 2.35. The number of nitrogens with zero attached hydrogens (tertiary/aromatic N) is 1. The van der Waals surface area contributed by atoms with E-state index >= 15 is 0 Å². The van der Waals surface area contributed by atoms with E-state index in [1.165, 1.54) is 30.3 Å². The lowest BCUT2D eigenvalue weighted by Crippen LogP contribution is -2.38. The molecule has 2 N–H and O–H groups in total. The summed E-state index contributed by atoms with van der Waals surface area (Å²) in [5, 5.41) is 12.6. The van der Waals surface area contributed by atoms with Gasteiger partial charge < -0.3 is 15.2 Å². The summed E-state index contributed by atoms with van der Waals surface area (Å²) in [5.74, 6) is -4.21. The van der Waals surface area contributed by atoms with Gasteiger partial charge in [-0.2, -0.15) is 0 Å². The molecule has 4 aromatic rings. The largest absolute Gasteiger partial charge is 0.493 e. The second kappa shape index (κ2) is 12.3. The zero-order valence-electron chi connectivity index (χ0n) is 21.9. The molecule has 40 heavy (non-hydrogen) atoms. The van der Waals surface area contributed by atoms with Crippen molar-refractivity contribution in [2.24, 2.45) is 5.92 Å². The van der Waals surface area contributed by atoms with Gasteiger partial charge in [-0.25, -0.2) is 17.6 Å². The van der Waals surface area contributed by atoms with Gasteiger partial charge in [-0.15, -0.1) is 0 Å². The quantitative estimate of drug-likeness (QED) is 0.173. The number of para-hydroxylation sites is 1. The van der Waals surface area contributed by atoms with E-state index in [0.717, 1.165) is 28.8 Å². The van der Waals surface area contributed by atoms with Crippen LogP contribution >= 0.6 is 0 Å². The van der Waals surface area contributed by atoms with Crippen LogP contribution in [0, 0.1) is 29.2 Å². The van der Waals surface area contributed by atoms with Gasteiger partial charge in [0.25, 0.3) is 5.56 Å². The van der Waals surface area contributed by atoms with Crippen LogP contribution in [0.5, 0.6) is 5.75 Å². The zero-order chi connectivity index (χ0) is 29.0. The van der Waals surface area contributed by atoms with E-state index in [9.17, 15) is 32.3 Å². The summed E-state index contributed by atoms with van der Waals surface area (Å²) in [7, 11) is 0. The molecule has 3 aromatic carbocycles. The number of aromatic nitrogens is 1. The first-order valence-electron chi connectivity index (χ1n) is 12.8. The van der Waals surface area contributed by atoms with Gasteiger partial charge in [-0.3, -0.25) is 14.2 Å². The molecule has 1 aromatic heterocycles. The maximum atomic E-state index is 14.9. The Morgan fingerprint density at radius 2 is 1.68 bits per heavy atom. The minimum Gasteiger partial charge on any atom is -0.493 e. The second-order valence-corrected chi connectivity index (χ2v) is 9.78. The number of pyridine rings is 1. The van der Waals surface area contributed by atoms with E-state index < -0.39 is 46.5 Å². The fourth-order valence-electron chi connectivity index (χ4n) is 4.55. The molecular formula is C30H28F4N2O4. The third-order valence-corrected chi connectivity index (χ3v) is 6.35. The summed E-state index contributed by atoms with van der Waals surface area (Å²) in [5.41, 5.74) is -1.07. The van der Waals surface area contributed by atoms with E-state index in [2.05, 4.69) is 5.32 Å². The van der Waals surface area contributed by atoms with Crippen molar-refractivity contribution in [1.82, 2.24) is 9.88 Å². The van der Waals surface area contributed by atoms with Crippen molar-refractivity contribution in [3.63, 3.8) is 0 Å². The number of benzene rings is 3. The molecule has 0 amide bonds. The van der Waals surface area contributed by atoms with Gasteiger partial charge in [0.2, 0.25) is 0 Å². The Hall–Kier alpha value is -4.18. The zero-order valence-corrected chi connectivity index (χ0v) is 21.9. The number of hydrogen-bond acceptors (Lipinski definition) is 4. The van der Waals surface area contributed by atoms with Crippen molar-refractivity contribution in [3.8, 4) is 22.6 Å². The monoisotopic (exact) mass is 556 g/mol. The Morgan fingerprint density at radius 1 is 0.950 bits per heavy atom. The number of carbonyl (C=O) groups is 1. The molecule has 1 heterocycles. The number of carboxylic acids is 1. The molecule has 0 aliphatic heterocycles. The molecule has 0 spiro atoms. The van der Waals surface area contributed by atoms with Crippen LogP contribution in [0.25, 0.3) is 27.7 Å². The number of carboxylic acid groups (broad SMARTS) is 1. The van der Waals surface area contributed by atoms with Crippen LogP contribution in [-0.2, 0) is 4.79 Å². The maximum Gasteiger partial charge on any atom is 0.320 e. The minimum absolute atomic E-state index is 0.00398. The third kappa shape index (κ3) is 6.34. The smallest absolute Gasteiger partial charge is 0.320 e. The van der Waals surface area contributed by atoms with Gasteiger partial charge in [-0.05, 0) is 67.3 Å². The van der Waals surface area contributed by atoms with Crippen LogP contribution in [-0.4, -0.2) is 34.8 Å². The summed E-state index contributed by atoms with van der Waals surface area (Å²) < 4.78 is 64.8. The molecule has 0 aliphatic rings. The molecule has 0 saturated heterocycles. The van der Waals surface area contributed by atoms with E-state index in [4.69, 9.17) is 4.74 Å². The first kappa shape index (κ1) is 28.8. The predicted octanol–water partition coefficient (Wildman–Crippen LogP) is 6.07. The highest BCUT2D eigenvalue weighted by atomic mass is 19.1. The van der Waals surface area contributed by atoms with E-state index in [0.29, 0.717) is 25.5 Å². The summed E-state index contributed by atoms with van der Waals surface area (Å²) in [6, 6.07) is 10.9. The average molecular weight is 557 g/mol. The van der Waals surface area contributed by atoms with E-state index in [1.54, 1.807) is 0 Å². The molecule has 0 radical (unpaired) electrons. The molecule has 0 bridgehead atoms. The maximum absolute atomic E-state index is 14.9. The van der Waals surface area contributed by atoms with Crippen LogP contribution in [0.1, 0.15) is 26.7 Å². The van der Waals surface area contributed by atoms with Crippen molar-refractivity contribution < 1.29 is 32.2 Å². The Morgan fingerprint density at radius 3 is 2.33 bits per heavy atom. The number of rotatable bonds is 11. The summed E-state index contributed by atoms with van der Waals surface area (Å²) >= 11 is 0. The number of ether oxygens (including phenoxy) is 1. The number of fused-ring (bicyclic) bond motifs is 1. The lowest BCUT2D eigenvalue weighted by Gasteiger charge is -2.18. The lowest BCUT2D eigenvalue weighted by molar-refractivity contribution is -0.139. The molecule has 0 saturated carbocycles. The average Bonchev–Trinajstić information content (AvgIpc) is 2.88. The van der Waals surface area contributed by atoms with Gasteiger partial charge in [0.05, 0.1) is 12.1 Å². The molecule has 1 atom stereocenters. The molecule has 4 rings (SSSR count). The number of halogens is 4. The summed E-state index contributed by atoms with van der Waals surface area (Å²) in [4.78, 5) is 24.4. The van der Waals surface area contributed by atoms with Gasteiger partial charge in [0.15, 0.2) is 0 Å². The van der Waals surface area contributed by atoms with Crippen LogP contribution in [0.4, 0.5) is 17.6 Å². The standard InChI is InChI=1S/C30H28F4N2O4/c1-17(2)13-26(30(38)39)35-11-4-12-40-19-15-22(20-8-7-18(31)14-25(20)34)21-9-10-28(37)36(27(21)16-19)29-23(32)5-3-6-24(29)33/h3,5-10,14-17,26,35H,4,11-13H2,1-2H3,(H,38,39)/t26-/m0/s1. The highest BCUT2D eigenvalue weighted by molar-refractivity contribution is 5.97. The molecule has 6 nitrogen and oxygen atoms in total. The van der Waals surface area contributed by atoms with Gasteiger partial charge in [0, 0.05) is 29.1 Å². The number of nitrogens with one attached hydrogen (secondary N) is 1. The SMILES string of the molecule is CC(C)C[C@H](NCCCOc1cc(-c2ccc(F)cc2F)c2ccc(=O)n(-c3c(F)cccc3F)c2c1)C(=O)O. The molecule has 0 aliphatic carbocycles. The van der Waals surface area contributed by atoms with Crippen molar-refractivity contribution in [2.75, 3.05) is 13.2 Å². The predicted molar refractivity (Wildman–Crippen MR) is 144 cm³/mol. The second-order valence-electron chi connectivity index (χ2n) is 9.78. The van der Waals surface area contributed by atoms with Crippen LogP contribution in [0.2, 0.25) is 0 Å². The topological polar surface area (TPSA) is 80.6 Å². The Bertz CT molecular complexity index is 1580. The van der Waals surface area contributed by atoms with Crippen LogP contribution in [0.3, 0.4) is 0 Å². The van der Waals surface area contributed by atoms with Crippen molar-refractivity contribution >= 4 is 16.9 Å².